The first-order valence-corrected chi connectivity index (χ1v) is 5.15. The molecule has 0 spiro atoms. The van der Waals surface area contributed by atoms with Gasteiger partial charge in [0.05, 0.1) is 0 Å². The maximum atomic E-state index is 3.52. The highest BCUT2D eigenvalue weighted by Crippen LogP contribution is 2.22. The van der Waals surface area contributed by atoms with Gasteiger partial charge in [-0.3, -0.25) is 0 Å². The number of hydrogen-bond acceptors (Lipinski definition) is 1. The van der Waals surface area contributed by atoms with Crippen molar-refractivity contribution in [3.63, 3.8) is 0 Å². The molecule has 0 bridgehead atoms. The van der Waals surface area contributed by atoms with Crippen molar-refractivity contribution in [1.82, 2.24) is 0 Å². The first-order chi connectivity index (χ1) is 6.29. The first-order valence-electron chi connectivity index (χ1n) is 5.15. The molecule has 1 N–H and O–H groups in total. The molecule has 1 aromatic rings. The summed E-state index contributed by atoms with van der Waals surface area (Å²) in [6, 6.07) is 4.47. The normalized spacial score (nSPS) is 11.6. The lowest BCUT2D eigenvalue weighted by atomic mass is 10.0. The van der Waals surface area contributed by atoms with E-state index in [0.717, 1.165) is 0 Å². The molecule has 14 heavy (non-hydrogen) atoms. The summed E-state index contributed by atoms with van der Waals surface area (Å²) in [5, 5.41) is 3.52. The molecule has 1 aromatic carbocycles. The van der Waals surface area contributed by atoms with Crippen molar-refractivity contribution in [1.29, 1.82) is 0 Å². The third-order valence-electron chi connectivity index (χ3n) is 2.35. The molecule has 0 aliphatic carbocycles. The van der Waals surface area contributed by atoms with E-state index < -0.39 is 0 Å². The van der Waals surface area contributed by atoms with E-state index in [4.69, 9.17) is 0 Å². The molecule has 0 aliphatic heterocycles. The topological polar surface area (TPSA) is 12.0 Å². The third-order valence-corrected chi connectivity index (χ3v) is 2.35. The molecular weight excluding hydrogens is 170 g/mol. The molecule has 0 radical (unpaired) electrons. The summed E-state index contributed by atoms with van der Waals surface area (Å²) < 4.78 is 0. The number of anilines is 1. The molecule has 1 rings (SSSR count). The highest BCUT2D eigenvalue weighted by molar-refractivity contribution is 5.55. The molecule has 1 nitrogen and oxygen atoms in total. The Labute approximate surface area is 87.5 Å². The standard InChI is InChI=1S/C13H21N/c1-9-7-11(3)12(8-10(9)2)14-13(4,5)6/h7-8,14H,1-6H3. The van der Waals surface area contributed by atoms with Gasteiger partial charge in [-0.1, -0.05) is 6.07 Å². The molecule has 0 unspecified atom stereocenters. The van der Waals surface area contributed by atoms with Crippen molar-refractivity contribution in [3.8, 4) is 0 Å². The van der Waals surface area contributed by atoms with Crippen LogP contribution in [-0.2, 0) is 0 Å². The highest BCUT2D eigenvalue weighted by atomic mass is 14.9. The maximum absolute atomic E-state index is 3.52. The predicted molar refractivity (Wildman–Crippen MR) is 64.0 cm³/mol. The van der Waals surface area contributed by atoms with Gasteiger partial charge in [-0.25, -0.2) is 0 Å². The van der Waals surface area contributed by atoms with Gasteiger partial charge in [-0.2, -0.15) is 0 Å². The van der Waals surface area contributed by atoms with Crippen LogP contribution < -0.4 is 5.32 Å². The number of rotatable bonds is 1. The third kappa shape index (κ3) is 2.76. The van der Waals surface area contributed by atoms with E-state index >= 15 is 0 Å². The van der Waals surface area contributed by atoms with E-state index in [0.29, 0.717) is 0 Å². The molecule has 0 saturated carbocycles. The zero-order valence-electron chi connectivity index (χ0n) is 10.2. The van der Waals surface area contributed by atoms with E-state index in [1.807, 2.05) is 0 Å². The second kappa shape index (κ2) is 3.64. The SMILES string of the molecule is Cc1cc(C)c(NC(C)(C)C)cc1C. The molecule has 1 heteroatoms. The number of benzene rings is 1. The van der Waals surface area contributed by atoms with Crippen LogP contribution in [0.4, 0.5) is 5.69 Å². The van der Waals surface area contributed by atoms with E-state index in [2.05, 4.69) is 59.0 Å². The molecule has 0 heterocycles. The summed E-state index contributed by atoms with van der Waals surface area (Å²) in [5.41, 5.74) is 5.42. The molecule has 0 aromatic heterocycles. The van der Waals surface area contributed by atoms with Crippen LogP contribution in [0.1, 0.15) is 37.5 Å². The zero-order chi connectivity index (χ0) is 10.9. The van der Waals surface area contributed by atoms with Crippen molar-refractivity contribution in [2.75, 3.05) is 5.32 Å². The van der Waals surface area contributed by atoms with E-state index in [1.54, 1.807) is 0 Å². The molecule has 0 aliphatic rings. The minimum atomic E-state index is 0.131. The fraction of sp³-hybridized carbons (Fsp3) is 0.538. The van der Waals surface area contributed by atoms with Gasteiger partial charge < -0.3 is 5.32 Å². The molecule has 0 fully saturated rings. The Balaban J connectivity index is 3.04. The Morgan fingerprint density at radius 1 is 0.857 bits per heavy atom. The van der Waals surface area contributed by atoms with Crippen LogP contribution in [0, 0.1) is 20.8 Å². The fourth-order valence-corrected chi connectivity index (χ4v) is 1.50. The van der Waals surface area contributed by atoms with Gasteiger partial charge in [0.1, 0.15) is 0 Å². The zero-order valence-corrected chi connectivity index (χ0v) is 10.2. The molecule has 78 valence electrons. The van der Waals surface area contributed by atoms with E-state index in [1.165, 1.54) is 22.4 Å². The van der Waals surface area contributed by atoms with Crippen LogP contribution in [0.2, 0.25) is 0 Å². The van der Waals surface area contributed by atoms with E-state index in [9.17, 15) is 0 Å². The highest BCUT2D eigenvalue weighted by Gasteiger charge is 2.11. The first kappa shape index (κ1) is 11.1. The Hall–Kier alpha value is -0.980. The number of aryl methyl sites for hydroxylation is 3. The predicted octanol–water partition coefficient (Wildman–Crippen LogP) is 3.82. The quantitative estimate of drug-likeness (QED) is 0.711. The minimum absolute atomic E-state index is 0.131. The largest absolute Gasteiger partial charge is 0.380 e. The van der Waals surface area contributed by atoms with Gasteiger partial charge in [0.2, 0.25) is 0 Å². The lowest BCUT2D eigenvalue weighted by Crippen LogP contribution is -2.26. The van der Waals surface area contributed by atoms with Crippen molar-refractivity contribution in [2.45, 2.75) is 47.1 Å². The van der Waals surface area contributed by atoms with Crippen LogP contribution in [0.25, 0.3) is 0 Å². The summed E-state index contributed by atoms with van der Waals surface area (Å²) in [6.45, 7) is 13.0. The molecule has 0 amide bonds. The Bertz CT molecular complexity index is 332. The summed E-state index contributed by atoms with van der Waals surface area (Å²) in [4.78, 5) is 0. The van der Waals surface area contributed by atoms with Crippen LogP contribution in [0.15, 0.2) is 12.1 Å². The van der Waals surface area contributed by atoms with Gasteiger partial charge in [0.15, 0.2) is 0 Å². The van der Waals surface area contributed by atoms with Crippen molar-refractivity contribution < 1.29 is 0 Å². The second-order valence-corrected chi connectivity index (χ2v) is 5.13. The molecular formula is C13H21N. The van der Waals surface area contributed by atoms with Crippen LogP contribution in [0.5, 0.6) is 0 Å². The van der Waals surface area contributed by atoms with Crippen LogP contribution in [-0.4, -0.2) is 5.54 Å². The average Bonchev–Trinajstić information content (AvgIpc) is 1.97. The van der Waals surface area contributed by atoms with Gasteiger partial charge in [0, 0.05) is 11.2 Å². The second-order valence-electron chi connectivity index (χ2n) is 5.13. The summed E-state index contributed by atoms with van der Waals surface area (Å²) in [6.07, 6.45) is 0. The number of hydrogen-bond donors (Lipinski definition) is 1. The maximum Gasteiger partial charge on any atom is 0.0376 e. The monoisotopic (exact) mass is 191 g/mol. The van der Waals surface area contributed by atoms with Crippen molar-refractivity contribution in [3.05, 3.63) is 28.8 Å². The summed E-state index contributed by atoms with van der Waals surface area (Å²) in [5.74, 6) is 0. The van der Waals surface area contributed by atoms with E-state index in [-0.39, 0.29) is 5.54 Å². The van der Waals surface area contributed by atoms with Crippen molar-refractivity contribution in [2.24, 2.45) is 0 Å². The lowest BCUT2D eigenvalue weighted by molar-refractivity contribution is 0.633. The Morgan fingerprint density at radius 2 is 1.36 bits per heavy atom. The average molecular weight is 191 g/mol. The smallest absolute Gasteiger partial charge is 0.0376 e. The van der Waals surface area contributed by atoms with Gasteiger partial charge in [-0.15, -0.1) is 0 Å². The minimum Gasteiger partial charge on any atom is -0.380 e. The molecule has 0 atom stereocenters. The molecule has 0 saturated heterocycles. The Kier molecular flexibility index (Phi) is 2.89. The van der Waals surface area contributed by atoms with Gasteiger partial charge in [0.25, 0.3) is 0 Å². The van der Waals surface area contributed by atoms with Gasteiger partial charge in [-0.05, 0) is 64.3 Å². The number of nitrogens with one attached hydrogen (secondary N) is 1. The van der Waals surface area contributed by atoms with Gasteiger partial charge >= 0.3 is 0 Å². The van der Waals surface area contributed by atoms with Crippen LogP contribution in [0.3, 0.4) is 0 Å². The fourth-order valence-electron chi connectivity index (χ4n) is 1.50. The van der Waals surface area contributed by atoms with Crippen molar-refractivity contribution >= 4 is 5.69 Å². The summed E-state index contributed by atoms with van der Waals surface area (Å²) in [7, 11) is 0. The van der Waals surface area contributed by atoms with Crippen LogP contribution >= 0.6 is 0 Å². The summed E-state index contributed by atoms with van der Waals surface area (Å²) >= 11 is 0. The lowest BCUT2D eigenvalue weighted by Gasteiger charge is -2.24. The Morgan fingerprint density at radius 3 is 1.86 bits per heavy atom.